The molecule has 0 amide bonds. The van der Waals surface area contributed by atoms with Crippen molar-refractivity contribution in [3.63, 3.8) is 0 Å². The highest BCUT2D eigenvalue weighted by molar-refractivity contribution is 5.95. The molecule has 5 heterocycles. The number of ether oxygens (including phenoxy) is 1. The molecule has 0 spiro atoms. The predicted molar refractivity (Wildman–Crippen MR) is 141 cm³/mol. The largest absolute Gasteiger partial charge is 0.370 e. The van der Waals surface area contributed by atoms with Crippen LogP contribution < -0.4 is 15.1 Å². The monoisotopic (exact) mass is 483 g/mol. The van der Waals surface area contributed by atoms with E-state index in [9.17, 15) is 5.26 Å². The minimum absolute atomic E-state index is 0.136. The third-order valence-electron chi connectivity index (χ3n) is 7.73. The highest BCUT2D eigenvalue weighted by Crippen LogP contribution is 2.31. The topological polar surface area (TPSA) is 80.6 Å². The van der Waals surface area contributed by atoms with Crippen molar-refractivity contribution in [3.8, 4) is 6.07 Å². The molecule has 3 aliphatic heterocycles. The lowest BCUT2D eigenvalue weighted by Crippen LogP contribution is -2.54. The molecular formula is C28H33N7O. The zero-order chi connectivity index (χ0) is 24.6. The molecule has 3 aliphatic rings. The van der Waals surface area contributed by atoms with Crippen LogP contribution in [0.25, 0.3) is 10.9 Å². The number of nitrogens with zero attached hydrogens (tertiary/aromatic N) is 6. The molecule has 1 aromatic carbocycles. The molecule has 36 heavy (non-hydrogen) atoms. The van der Waals surface area contributed by atoms with Gasteiger partial charge in [-0.3, -0.25) is 14.9 Å². The Morgan fingerprint density at radius 3 is 2.78 bits per heavy atom. The molecule has 8 nitrogen and oxygen atoms in total. The van der Waals surface area contributed by atoms with E-state index in [4.69, 9.17) is 9.72 Å². The lowest BCUT2D eigenvalue weighted by atomic mass is 10.1. The van der Waals surface area contributed by atoms with E-state index >= 15 is 0 Å². The summed E-state index contributed by atoms with van der Waals surface area (Å²) >= 11 is 0. The van der Waals surface area contributed by atoms with Gasteiger partial charge in [0.2, 0.25) is 0 Å². The van der Waals surface area contributed by atoms with E-state index in [1.165, 1.54) is 16.9 Å². The number of anilines is 2. The predicted octanol–water partition coefficient (Wildman–Crippen LogP) is 3.08. The van der Waals surface area contributed by atoms with E-state index in [1.54, 1.807) is 6.20 Å². The number of rotatable bonds is 4. The Morgan fingerprint density at radius 2 is 1.94 bits per heavy atom. The lowest BCUT2D eigenvalue weighted by molar-refractivity contribution is -0.0327. The zero-order valence-electron chi connectivity index (χ0n) is 21.0. The average molecular weight is 484 g/mol. The zero-order valence-corrected chi connectivity index (χ0v) is 21.0. The van der Waals surface area contributed by atoms with Crippen molar-refractivity contribution in [2.24, 2.45) is 0 Å². The molecule has 8 heteroatoms. The quantitative estimate of drug-likeness (QED) is 0.607. The molecule has 1 N–H and O–H groups in total. The second-order valence-corrected chi connectivity index (χ2v) is 10.2. The molecule has 0 aliphatic carbocycles. The molecule has 6 rings (SSSR count). The Bertz CT molecular complexity index is 1300. The molecule has 2 aromatic heterocycles. The number of morpholine rings is 1. The number of hydrogen-bond donors (Lipinski definition) is 1. The molecule has 0 saturated carbocycles. The van der Waals surface area contributed by atoms with Gasteiger partial charge in [0.1, 0.15) is 6.07 Å². The van der Waals surface area contributed by atoms with Crippen LogP contribution in [0.2, 0.25) is 0 Å². The number of aromatic nitrogens is 2. The Hall–Kier alpha value is -3.25. The van der Waals surface area contributed by atoms with Gasteiger partial charge in [0.05, 0.1) is 40.9 Å². The van der Waals surface area contributed by atoms with Gasteiger partial charge in [-0.25, -0.2) is 0 Å². The van der Waals surface area contributed by atoms with Gasteiger partial charge in [0, 0.05) is 75.7 Å². The van der Waals surface area contributed by atoms with Crippen LogP contribution in [0, 0.1) is 11.3 Å². The van der Waals surface area contributed by atoms with Crippen molar-refractivity contribution in [2.45, 2.75) is 38.6 Å². The Kier molecular flexibility index (Phi) is 6.22. The van der Waals surface area contributed by atoms with Gasteiger partial charge >= 0.3 is 0 Å². The molecule has 2 fully saturated rings. The van der Waals surface area contributed by atoms with Gasteiger partial charge in [-0.05, 0) is 49.7 Å². The van der Waals surface area contributed by atoms with Gasteiger partial charge in [0.15, 0.2) is 0 Å². The number of nitrogens with one attached hydrogen (secondary N) is 1. The third-order valence-corrected chi connectivity index (χ3v) is 7.73. The van der Waals surface area contributed by atoms with Gasteiger partial charge in [-0.1, -0.05) is 0 Å². The fourth-order valence-electron chi connectivity index (χ4n) is 5.92. The van der Waals surface area contributed by atoms with Crippen molar-refractivity contribution in [1.29, 1.82) is 5.26 Å². The van der Waals surface area contributed by atoms with E-state index in [1.807, 2.05) is 18.3 Å². The standard InChI is InChI=1S/C28H33N7O/c1-19-16-35(26-6-5-21(13-29)28-25(26)4-3-7-30-28)18-24(36-19)17-33-8-10-34(11-9-33)23-12-22-14-31-20(2)27(22)32-15-23/h3-7,12,15,19-20,24,31H,8-11,14,16-18H2,1-2H3/t19-,20-,24+/m1/s1. The van der Waals surface area contributed by atoms with Crippen LogP contribution in [-0.2, 0) is 11.3 Å². The summed E-state index contributed by atoms with van der Waals surface area (Å²) in [5.74, 6) is 0. The number of benzene rings is 1. The maximum Gasteiger partial charge on any atom is 0.101 e. The van der Waals surface area contributed by atoms with E-state index in [-0.39, 0.29) is 12.2 Å². The first-order valence-corrected chi connectivity index (χ1v) is 13.0. The van der Waals surface area contributed by atoms with Crippen LogP contribution in [0.5, 0.6) is 0 Å². The number of fused-ring (bicyclic) bond motifs is 2. The number of piperazine rings is 1. The molecular weight excluding hydrogens is 450 g/mol. The smallest absolute Gasteiger partial charge is 0.101 e. The van der Waals surface area contributed by atoms with Crippen molar-refractivity contribution in [3.05, 3.63) is 59.5 Å². The molecule has 3 aromatic rings. The number of pyridine rings is 2. The molecule has 0 bridgehead atoms. The van der Waals surface area contributed by atoms with E-state index in [0.717, 1.165) is 68.9 Å². The summed E-state index contributed by atoms with van der Waals surface area (Å²) < 4.78 is 6.39. The number of hydrogen-bond acceptors (Lipinski definition) is 8. The fourth-order valence-corrected chi connectivity index (χ4v) is 5.92. The van der Waals surface area contributed by atoms with Crippen molar-refractivity contribution in [1.82, 2.24) is 20.2 Å². The first-order valence-electron chi connectivity index (χ1n) is 13.0. The third kappa shape index (κ3) is 4.39. The second-order valence-electron chi connectivity index (χ2n) is 10.2. The molecule has 3 atom stereocenters. The summed E-state index contributed by atoms with van der Waals surface area (Å²) in [6.45, 7) is 11.9. The normalized spacial score (nSPS) is 24.6. The minimum Gasteiger partial charge on any atom is -0.370 e. The Morgan fingerprint density at radius 1 is 1.08 bits per heavy atom. The summed E-state index contributed by atoms with van der Waals surface area (Å²) in [4.78, 5) is 16.6. The van der Waals surface area contributed by atoms with Gasteiger partial charge in [-0.15, -0.1) is 0 Å². The molecule has 0 unspecified atom stereocenters. The van der Waals surface area contributed by atoms with Crippen LogP contribution in [0.3, 0.4) is 0 Å². The summed E-state index contributed by atoms with van der Waals surface area (Å²) in [5.41, 5.74) is 6.29. The first kappa shape index (κ1) is 23.2. The second kappa shape index (κ2) is 9.66. The van der Waals surface area contributed by atoms with Crippen LogP contribution in [0.1, 0.15) is 36.7 Å². The van der Waals surface area contributed by atoms with Crippen LogP contribution >= 0.6 is 0 Å². The van der Waals surface area contributed by atoms with Crippen molar-refractivity contribution in [2.75, 3.05) is 55.6 Å². The fraction of sp³-hybridized carbons (Fsp3) is 0.464. The lowest BCUT2D eigenvalue weighted by Gasteiger charge is -2.42. The van der Waals surface area contributed by atoms with Crippen LogP contribution in [0.15, 0.2) is 42.7 Å². The van der Waals surface area contributed by atoms with Gasteiger partial charge in [-0.2, -0.15) is 5.26 Å². The van der Waals surface area contributed by atoms with Gasteiger partial charge < -0.3 is 19.9 Å². The maximum atomic E-state index is 9.51. The van der Waals surface area contributed by atoms with Crippen LogP contribution in [0.4, 0.5) is 11.4 Å². The highest BCUT2D eigenvalue weighted by atomic mass is 16.5. The van der Waals surface area contributed by atoms with Crippen LogP contribution in [-0.4, -0.2) is 72.9 Å². The van der Waals surface area contributed by atoms with Crippen molar-refractivity contribution < 1.29 is 4.74 Å². The maximum absolute atomic E-state index is 9.51. The molecule has 0 radical (unpaired) electrons. The summed E-state index contributed by atoms with van der Waals surface area (Å²) in [5, 5.41) is 14.0. The Labute approximate surface area is 212 Å². The minimum atomic E-state index is 0.136. The van der Waals surface area contributed by atoms with E-state index in [0.29, 0.717) is 11.6 Å². The summed E-state index contributed by atoms with van der Waals surface area (Å²) in [7, 11) is 0. The van der Waals surface area contributed by atoms with Gasteiger partial charge in [0.25, 0.3) is 0 Å². The van der Waals surface area contributed by atoms with E-state index in [2.05, 4.69) is 63.1 Å². The van der Waals surface area contributed by atoms with Crippen molar-refractivity contribution >= 4 is 22.3 Å². The number of nitriles is 1. The molecule has 2 saturated heterocycles. The average Bonchev–Trinajstić information content (AvgIpc) is 3.28. The summed E-state index contributed by atoms with van der Waals surface area (Å²) in [6, 6.07) is 12.9. The SMILES string of the molecule is C[C@@H]1CN(c2ccc(C#N)c3ncccc23)C[C@H](CN2CCN(c3cnc4c(c3)CN[C@@H]4C)CC2)O1. The van der Waals surface area contributed by atoms with E-state index < -0.39 is 0 Å². The first-order chi connectivity index (χ1) is 17.6. The summed E-state index contributed by atoms with van der Waals surface area (Å²) in [6.07, 6.45) is 4.07. The highest BCUT2D eigenvalue weighted by Gasteiger charge is 2.30. The molecule has 186 valence electrons. The Balaban J connectivity index is 1.11.